The highest BCUT2D eigenvalue weighted by Crippen LogP contribution is 2.32. The minimum Gasteiger partial charge on any atom is -0.207 e. The third kappa shape index (κ3) is 4.12. The molecule has 2 aromatic carbocycles. The topological polar surface area (TPSA) is 37.4 Å². The van der Waals surface area contributed by atoms with E-state index in [9.17, 15) is 26.0 Å². The van der Waals surface area contributed by atoms with E-state index in [1.54, 1.807) is 24.3 Å². The second-order valence-electron chi connectivity index (χ2n) is 5.21. The molecule has 0 aliphatic rings. The molecule has 3 nitrogen and oxygen atoms in total. The van der Waals surface area contributed by atoms with Crippen LogP contribution in [0, 0.1) is 5.82 Å². The fraction of sp³-hybridized carbons (Fsp3) is 0.250. The van der Waals surface area contributed by atoms with Crippen LogP contribution in [-0.2, 0) is 22.6 Å². The Balaban J connectivity index is 2.26. The van der Waals surface area contributed by atoms with Gasteiger partial charge in [0.05, 0.1) is 5.56 Å². The number of sulfonamides is 1. The van der Waals surface area contributed by atoms with Crippen LogP contribution in [0.25, 0.3) is 0 Å². The second kappa shape index (κ2) is 6.90. The monoisotopic (exact) mass is 361 g/mol. The summed E-state index contributed by atoms with van der Waals surface area (Å²) in [6.07, 6.45) is -4.39. The van der Waals surface area contributed by atoms with Gasteiger partial charge in [-0.05, 0) is 30.2 Å². The van der Waals surface area contributed by atoms with Crippen molar-refractivity contribution in [1.82, 2.24) is 4.31 Å². The molecule has 0 heterocycles. The van der Waals surface area contributed by atoms with Crippen LogP contribution in [0.4, 0.5) is 17.6 Å². The molecule has 2 rings (SSSR count). The van der Waals surface area contributed by atoms with Crippen LogP contribution in [0.2, 0.25) is 0 Å². The molecule has 0 unspecified atom stereocenters. The molecule has 0 aliphatic heterocycles. The zero-order valence-corrected chi connectivity index (χ0v) is 13.5. The molecule has 0 saturated carbocycles. The van der Waals surface area contributed by atoms with Crippen molar-refractivity contribution in [2.75, 3.05) is 13.6 Å². The average molecular weight is 361 g/mol. The summed E-state index contributed by atoms with van der Waals surface area (Å²) in [4.78, 5) is -0.979. The third-order valence-corrected chi connectivity index (χ3v) is 5.38. The SMILES string of the molecule is CN(CCc1ccccc1)S(=O)(=O)c1cc(C(F)(F)F)ccc1F. The molecule has 0 radical (unpaired) electrons. The molecule has 0 atom stereocenters. The van der Waals surface area contributed by atoms with Crippen molar-refractivity contribution in [2.45, 2.75) is 17.5 Å². The molecule has 0 saturated heterocycles. The van der Waals surface area contributed by atoms with Crippen LogP contribution in [0.1, 0.15) is 11.1 Å². The van der Waals surface area contributed by atoms with Crippen molar-refractivity contribution in [1.29, 1.82) is 0 Å². The van der Waals surface area contributed by atoms with Gasteiger partial charge in [-0.1, -0.05) is 30.3 Å². The van der Waals surface area contributed by atoms with Gasteiger partial charge in [0.15, 0.2) is 0 Å². The Bertz CT molecular complexity index is 805. The first kappa shape index (κ1) is 18.4. The normalized spacial score (nSPS) is 12.6. The maximum absolute atomic E-state index is 13.8. The lowest BCUT2D eigenvalue weighted by Crippen LogP contribution is -2.30. The highest BCUT2D eigenvalue weighted by atomic mass is 32.2. The van der Waals surface area contributed by atoms with E-state index in [2.05, 4.69) is 0 Å². The lowest BCUT2D eigenvalue weighted by Gasteiger charge is -2.18. The molecule has 0 N–H and O–H groups in total. The number of hydrogen-bond acceptors (Lipinski definition) is 2. The molecule has 130 valence electrons. The van der Waals surface area contributed by atoms with Gasteiger partial charge in [0.25, 0.3) is 0 Å². The van der Waals surface area contributed by atoms with Gasteiger partial charge in [0.2, 0.25) is 10.0 Å². The van der Waals surface area contributed by atoms with Crippen molar-refractivity contribution in [2.24, 2.45) is 0 Å². The number of halogens is 4. The van der Waals surface area contributed by atoms with Gasteiger partial charge in [0, 0.05) is 13.6 Å². The largest absolute Gasteiger partial charge is 0.416 e. The number of likely N-dealkylation sites (N-methyl/N-ethyl adjacent to an activating group) is 1. The standard InChI is InChI=1S/C16H15F4NO2S/c1-21(10-9-12-5-3-2-4-6-12)24(22,23)15-11-13(16(18,19)20)7-8-14(15)17/h2-8,11H,9-10H2,1H3. The molecule has 8 heteroatoms. The van der Waals surface area contributed by atoms with Crippen molar-refractivity contribution < 1.29 is 26.0 Å². The summed E-state index contributed by atoms with van der Waals surface area (Å²) >= 11 is 0. The van der Waals surface area contributed by atoms with E-state index in [0.717, 1.165) is 9.87 Å². The van der Waals surface area contributed by atoms with Crippen LogP contribution >= 0.6 is 0 Å². The fourth-order valence-electron chi connectivity index (χ4n) is 2.10. The molecular formula is C16H15F4NO2S. The van der Waals surface area contributed by atoms with Crippen LogP contribution in [0.5, 0.6) is 0 Å². The first-order chi connectivity index (χ1) is 11.1. The summed E-state index contributed by atoms with van der Waals surface area (Å²) in [5.41, 5.74) is -0.344. The second-order valence-corrected chi connectivity index (χ2v) is 7.22. The maximum atomic E-state index is 13.8. The lowest BCUT2D eigenvalue weighted by atomic mass is 10.2. The van der Waals surface area contributed by atoms with Crippen LogP contribution in [0.3, 0.4) is 0 Å². The molecule has 24 heavy (non-hydrogen) atoms. The molecule has 2 aromatic rings. The molecule has 0 aliphatic carbocycles. The minimum atomic E-state index is -4.75. The highest BCUT2D eigenvalue weighted by Gasteiger charge is 2.34. The van der Waals surface area contributed by atoms with E-state index in [1.807, 2.05) is 6.07 Å². The van der Waals surface area contributed by atoms with Gasteiger partial charge in [-0.3, -0.25) is 0 Å². The summed E-state index contributed by atoms with van der Waals surface area (Å²) in [5.74, 6) is -1.21. The van der Waals surface area contributed by atoms with Crippen LogP contribution in [0.15, 0.2) is 53.4 Å². The Kier molecular flexibility index (Phi) is 5.29. The number of hydrogen-bond donors (Lipinski definition) is 0. The average Bonchev–Trinajstić information content (AvgIpc) is 2.52. The van der Waals surface area contributed by atoms with E-state index >= 15 is 0 Å². The Labute approximate surface area is 137 Å². The van der Waals surface area contributed by atoms with Crippen molar-refractivity contribution >= 4 is 10.0 Å². The predicted octanol–water partition coefficient (Wildman–Crippen LogP) is 3.71. The molecule has 0 fully saturated rings. The molecule has 0 bridgehead atoms. The Hall–Kier alpha value is -1.93. The lowest BCUT2D eigenvalue weighted by molar-refractivity contribution is -0.137. The van der Waals surface area contributed by atoms with Crippen molar-refractivity contribution in [3.63, 3.8) is 0 Å². The first-order valence-corrected chi connectivity index (χ1v) is 8.43. The van der Waals surface area contributed by atoms with Gasteiger partial charge >= 0.3 is 6.18 Å². The van der Waals surface area contributed by atoms with Gasteiger partial charge < -0.3 is 0 Å². The summed E-state index contributed by atoms with van der Waals surface area (Å²) in [5, 5.41) is 0. The van der Waals surface area contributed by atoms with Gasteiger partial charge in [-0.25, -0.2) is 17.1 Å². The Morgan fingerprint density at radius 1 is 1.04 bits per heavy atom. The van der Waals surface area contributed by atoms with Gasteiger partial charge in [0.1, 0.15) is 10.7 Å². The van der Waals surface area contributed by atoms with E-state index in [0.29, 0.717) is 24.6 Å². The van der Waals surface area contributed by atoms with Crippen LogP contribution < -0.4 is 0 Å². The summed E-state index contributed by atoms with van der Waals surface area (Å²) < 4.78 is 77.6. The smallest absolute Gasteiger partial charge is 0.207 e. The molecule has 0 spiro atoms. The van der Waals surface area contributed by atoms with Crippen LogP contribution in [-0.4, -0.2) is 26.3 Å². The maximum Gasteiger partial charge on any atom is 0.416 e. The summed E-state index contributed by atoms with van der Waals surface area (Å²) in [7, 11) is -3.16. The van der Waals surface area contributed by atoms with Gasteiger partial charge in [-0.15, -0.1) is 0 Å². The quantitative estimate of drug-likeness (QED) is 0.762. The minimum absolute atomic E-state index is 0.0159. The van der Waals surface area contributed by atoms with E-state index in [4.69, 9.17) is 0 Å². The van der Waals surface area contributed by atoms with E-state index in [-0.39, 0.29) is 6.54 Å². The number of alkyl halides is 3. The predicted molar refractivity (Wildman–Crippen MR) is 81.4 cm³/mol. The molecule has 0 aromatic heterocycles. The van der Waals surface area contributed by atoms with Gasteiger partial charge in [-0.2, -0.15) is 13.2 Å². The number of benzene rings is 2. The Morgan fingerprint density at radius 2 is 1.67 bits per heavy atom. The number of nitrogens with zero attached hydrogens (tertiary/aromatic N) is 1. The summed E-state index contributed by atoms with van der Waals surface area (Å²) in [6, 6.07) is 10.3. The highest BCUT2D eigenvalue weighted by molar-refractivity contribution is 7.89. The summed E-state index contributed by atoms with van der Waals surface area (Å²) in [6.45, 7) is 0.0159. The van der Waals surface area contributed by atoms with E-state index < -0.39 is 32.5 Å². The Morgan fingerprint density at radius 3 is 2.25 bits per heavy atom. The van der Waals surface area contributed by atoms with Crippen molar-refractivity contribution in [3.05, 3.63) is 65.5 Å². The third-order valence-electron chi connectivity index (χ3n) is 3.50. The zero-order valence-electron chi connectivity index (χ0n) is 12.7. The van der Waals surface area contributed by atoms with Crippen molar-refractivity contribution in [3.8, 4) is 0 Å². The first-order valence-electron chi connectivity index (χ1n) is 6.99. The van der Waals surface area contributed by atoms with E-state index in [1.165, 1.54) is 7.05 Å². The molecule has 0 amide bonds. The molecular weight excluding hydrogens is 346 g/mol. The number of rotatable bonds is 5. The fourth-order valence-corrected chi connectivity index (χ4v) is 3.35. The zero-order chi connectivity index (χ0) is 18.0.